The van der Waals surface area contributed by atoms with E-state index in [1.807, 2.05) is 45.9 Å². The lowest BCUT2D eigenvalue weighted by Crippen LogP contribution is -2.53. The Labute approximate surface area is 121 Å². The van der Waals surface area contributed by atoms with Crippen molar-refractivity contribution >= 4 is 5.91 Å². The Bertz CT molecular complexity index is 440. The Kier molecular flexibility index (Phi) is 6.02. The van der Waals surface area contributed by atoms with Crippen molar-refractivity contribution in [2.75, 3.05) is 13.2 Å². The van der Waals surface area contributed by atoms with Gasteiger partial charge in [0.05, 0.1) is 12.1 Å². The SMILES string of the molecule is CCNC(C)(CCCOc1c(C)cccc1C)C(N)=O. The largest absolute Gasteiger partial charge is 0.493 e. The minimum Gasteiger partial charge on any atom is -0.493 e. The van der Waals surface area contributed by atoms with Gasteiger partial charge in [-0.3, -0.25) is 4.79 Å². The van der Waals surface area contributed by atoms with Gasteiger partial charge in [-0.05, 0) is 51.3 Å². The summed E-state index contributed by atoms with van der Waals surface area (Å²) in [5.74, 6) is 0.628. The van der Waals surface area contributed by atoms with Crippen molar-refractivity contribution in [1.82, 2.24) is 5.32 Å². The third-order valence-corrected chi connectivity index (χ3v) is 3.59. The molecule has 1 atom stereocenters. The number of ether oxygens (including phenoxy) is 1. The van der Waals surface area contributed by atoms with Crippen molar-refractivity contribution in [2.24, 2.45) is 5.73 Å². The van der Waals surface area contributed by atoms with Crippen molar-refractivity contribution < 1.29 is 9.53 Å². The molecular weight excluding hydrogens is 252 g/mol. The fourth-order valence-electron chi connectivity index (χ4n) is 2.32. The Morgan fingerprint density at radius 3 is 2.45 bits per heavy atom. The molecular formula is C16H26N2O2. The molecule has 1 amide bonds. The summed E-state index contributed by atoms with van der Waals surface area (Å²) in [6.07, 6.45) is 1.45. The number of nitrogens with two attached hydrogens (primary N) is 1. The molecule has 0 saturated carbocycles. The van der Waals surface area contributed by atoms with Crippen LogP contribution >= 0.6 is 0 Å². The van der Waals surface area contributed by atoms with E-state index in [4.69, 9.17) is 10.5 Å². The molecule has 3 N–H and O–H groups in total. The number of primary amides is 1. The number of nitrogens with one attached hydrogen (secondary N) is 1. The second-order valence-corrected chi connectivity index (χ2v) is 5.40. The number of carbonyl (C=O) groups excluding carboxylic acids is 1. The summed E-state index contributed by atoms with van der Waals surface area (Å²) in [7, 11) is 0. The number of benzene rings is 1. The van der Waals surface area contributed by atoms with E-state index in [-0.39, 0.29) is 5.91 Å². The van der Waals surface area contributed by atoms with E-state index in [1.165, 1.54) is 0 Å². The van der Waals surface area contributed by atoms with Crippen molar-refractivity contribution in [3.63, 3.8) is 0 Å². The van der Waals surface area contributed by atoms with E-state index in [1.54, 1.807) is 0 Å². The summed E-state index contributed by atoms with van der Waals surface area (Å²) < 4.78 is 5.84. The molecule has 20 heavy (non-hydrogen) atoms. The van der Waals surface area contributed by atoms with Crippen LogP contribution < -0.4 is 15.8 Å². The van der Waals surface area contributed by atoms with Crippen molar-refractivity contribution in [1.29, 1.82) is 0 Å². The van der Waals surface area contributed by atoms with Crippen LogP contribution in [0.1, 0.15) is 37.8 Å². The molecule has 0 heterocycles. The highest BCUT2D eigenvalue weighted by Crippen LogP contribution is 2.23. The zero-order chi connectivity index (χ0) is 15.2. The Morgan fingerprint density at radius 1 is 1.35 bits per heavy atom. The standard InChI is InChI=1S/C16H26N2O2/c1-5-18-16(4,15(17)19)10-7-11-20-14-12(2)8-6-9-13(14)3/h6,8-9,18H,5,7,10-11H2,1-4H3,(H2,17,19). The summed E-state index contributed by atoms with van der Waals surface area (Å²) in [6.45, 7) is 9.19. The number of amides is 1. The first-order valence-electron chi connectivity index (χ1n) is 7.14. The zero-order valence-electron chi connectivity index (χ0n) is 13.0. The second-order valence-electron chi connectivity index (χ2n) is 5.40. The highest BCUT2D eigenvalue weighted by molar-refractivity contribution is 5.84. The van der Waals surface area contributed by atoms with Crippen LogP contribution in [-0.2, 0) is 4.79 Å². The molecule has 0 radical (unpaired) electrons. The average Bonchev–Trinajstić information content (AvgIpc) is 2.37. The molecule has 0 aliphatic heterocycles. The van der Waals surface area contributed by atoms with E-state index in [0.29, 0.717) is 13.0 Å². The summed E-state index contributed by atoms with van der Waals surface area (Å²) in [6, 6.07) is 6.09. The van der Waals surface area contributed by atoms with Crippen molar-refractivity contribution in [2.45, 2.75) is 46.1 Å². The molecule has 0 bridgehead atoms. The Hall–Kier alpha value is -1.55. The van der Waals surface area contributed by atoms with E-state index >= 15 is 0 Å². The van der Waals surface area contributed by atoms with Gasteiger partial charge < -0.3 is 15.8 Å². The Balaban J connectivity index is 2.51. The number of hydrogen-bond acceptors (Lipinski definition) is 3. The van der Waals surface area contributed by atoms with Gasteiger partial charge in [0, 0.05) is 0 Å². The van der Waals surface area contributed by atoms with Crippen LogP contribution in [0.2, 0.25) is 0 Å². The number of rotatable bonds is 8. The fourth-order valence-corrected chi connectivity index (χ4v) is 2.32. The van der Waals surface area contributed by atoms with Gasteiger partial charge >= 0.3 is 0 Å². The van der Waals surface area contributed by atoms with Gasteiger partial charge in [-0.2, -0.15) is 0 Å². The van der Waals surface area contributed by atoms with Crippen LogP contribution in [0.4, 0.5) is 0 Å². The first-order chi connectivity index (χ1) is 9.40. The predicted molar refractivity (Wildman–Crippen MR) is 81.9 cm³/mol. The fraction of sp³-hybridized carbons (Fsp3) is 0.562. The number of carbonyl (C=O) groups is 1. The summed E-state index contributed by atoms with van der Waals surface area (Å²) >= 11 is 0. The second kappa shape index (κ2) is 7.29. The van der Waals surface area contributed by atoms with E-state index < -0.39 is 5.54 Å². The molecule has 4 nitrogen and oxygen atoms in total. The first kappa shape index (κ1) is 16.5. The maximum atomic E-state index is 11.5. The van der Waals surface area contributed by atoms with Crippen LogP contribution in [0.25, 0.3) is 0 Å². The lowest BCUT2D eigenvalue weighted by Gasteiger charge is -2.27. The van der Waals surface area contributed by atoms with Crippen molar-refractivity contribution in [3.8, 4) is 5.75 Å². The van der Waals surface area contributed by atoms with Crippen LogP contribution in [0.5, 0.6) is 5.75 Å². The van der Waals surface area contributed by atoms with Crippen LogP contribution in [0.3, 0.4) is 0 Å². The van der Waals surface area contributed by atoms with Crippen LogP contribution in [0, 0.1) is 13.8 Å². The van der Waals surface area contributed by atoms with Crippen molar-refractivity contribution in [3.05, 3.63) is 29.3 Å². The molecule has 112 valence electrons. The highest BCUT2D eigenvalue weighted by atomic mass is 16.5. The molecule has 0 fully saturated rings. The van der Waals surface area contributed by atoms with Gasteiger partial charge in [0.1, 0.15) is 5.75 Å². The molecule has 0 aliphatic rings. The molecule has 1 aromatic rings. The number of hydrogen-bond donors (Lipinski definition) is 2. The highest BCUT2D eigenvalue weighted by Gasteiger charge is 2.29. The minimum atomic E-state index is -0.654. The van der Waals surface area contributed by atoms with Gasteiger partial charge in [0.2, 0.25) is 5.91 Å². The maximum absolute atomic E-state index is 11.5. The van der Waals surface area contributed by atoms with Gasteiger partial charge in [0.25, 0.3) is 0 Å². The van der Waals surface area contributed by atoms with E-state index in [2.05, 4.69) is 5.32 Å². The molecule has 0 aliphatic carbocycles. The van der Waals surface area contributed by atoms with Gasteiger partial charge in [-0.1, -0.05) is 25.1 Å². The first-order valence-corrected chi connectivity index (χ1v) is 7.14. The molecule has 4 heteroatoms. The number of likely N-dealkylation sites (N-methyl/N-ethyl adjacent to an activating group) is 1. The molecule has 0 spiro atoms. The third kappa shape index (κ3) is 4.23. The number of para-hydroxylation sites is 1. The molecule has 1 aromatic carbocycles. The van der Waals surface area contributed by atoms with E-state index in [0.717, 1.165) is 29.8 Å². The quantitative estimate of drug-likeness (QED) is 0.717. The number of aryl methyl sites for hydroxylation is 2. The van der Waals surface area contributed by atoms with Gasteiger partial charge in [0.15, 0.2) is 0 Å². The topological polar surface area (TPSA) is 64.3 Å². The summed E-state index contributed by atoms with van der Waals surface area (Å²) in [4.78, 5) is 11.5. The smallest absolute Gasteiger partial charge is 0.237 e. The average molecular weight is 278 g/mol. The Morgan fingerprint density at radius 2 is 1.95 bits per heavy atom. The third-order valence-electron chi connectivity index (χ3n) is 3.59. The summed E-state index contributed by atoms with van der Waals surface area (Å²) in [5, 5.41) is 3.15. The minimum absolute atomic E-state index is 0.313. The monoisotopic (exact) mass is 278 g/mol. The van der Waals surface area contributed by atoms with Crippen LogP contribution in [-0.4, -0.2) is 24.6 Å². The van der Waals surface area contributed by atoms with Gasteiger partial charge in [-0.15, -0.1) is 0 Å². The zero-order valence-corrected chi connectivity index (χ0v) is 13.0. The van der Waals surface area contributed by atoms with E-state index in [9.17, 15) is 4.79 Å². The lowest BCUT2D eigenvalue weighted by atomic mass is 9.95. The maximum Gasteiger partial charge on any atom is 0.237 e. The molecule has 0 saturated heterocycles. The van der Waals surface area contributed by atoms with Gasteiger partial charge in [-0.25, -0.2) is 0 Å². The summed E-state index contributed by atoms with van der Waals surface area (Å²) in [5.41, 5.74) is 7.07. The van der Waals surface area contributed by atoms with Crippen LogP contribution in [0.15, 0.2) is 18.2 Å². The lowest BCUT2D eigenvalue weighted by molar-refractivity contribution is -0.124. The predicted octanol–water partition coefficient (Wildman–Crippen LogP) is 2.32. The molecule has 1 unspecified atom stereocenters. The molecule has 0 aromatic heterocycles. The molecule has 1 rings (SSSR count). The normalized spacial score (nSPS) is 13.8.